The van der Waals surface area contributed by atoms with Crippen molar-refractivity contribution in [2.24, 2.45) is 5.11 Å². The number of carbonyl (C=O) groups excluding carboxylic acids is 1. The molecule has 2 saturated heterocycles. The van der Waals surface area contributed by atoms with Gasteiger partial charge in [0.15, 0.2) is 12.5 Å². The number of amides is 1. The van der Waals surface area contributed by atoms with Gasteiger partial charge in [-0.15, -0.1) is 0 Å². The third kappa shape index (κ3) is 9.71. The van der Waals surface area contributed by atoms with Crippen molar-refractivity contribution in [2.75, 3.05) is 19.8 Å². The standard InChI is InChI=1S/C17H26N6O17P2.Na/c18-22-19-3-9(26)20-10-13(29)11(27)6(4-24)38-16(10)39-42(34,35)40-41(32,33)36-5-7-12(28)14(30)15(37-7)23-2-1-8(25)21-17(23)31;/h1-2,6-7,10-16,24,27-30H,3-5H2,(H,20,26)(H,32,33)(H,34,35)(H,21,25,31);/t6-,7-,10-,11+,12-,13-,14-,15-,16-;/m1./s1. The molecule has 0 aliphatic carbocycles. The number of phosphoric acid groups is 2. The maximum absolute atomic E-state index is 12.5. The van der Waals surface area contributed by atoms with Gasteiger partial charge in [-0.25, -0.2) is 13.9 Å². The van der Waals surface area contributed by atoms with Gasteiger partial charge in [0.1, 0.15) is 49.2 Å². The topological polar surface area (TPSA) is 355 Å². The Labute approximate surface area is 261 Å². The Kier molecular flexibility index (Phi) is 13.7. The van der Waals surface area contributed by atoms with E-state index in [1.807, 2.05) is 10.3 Å². The summed E-state index contributed by atoms with van der Waals surface area (Å²) >= 11 is 0. The largest absolute Gasteiger partial charge is 0.483 e. The van der Waals surface area contributed by atoms with E-state index in [-0.39, 0.29) is 29.6 Å². The SMILES string of the molecule is [N-]=[N+]=NCC(=O)N[C@H]1[C@@H](OP(=O)(O)OP(=O)(O)OC[C@H]2O[C@@H](n3ccc(=O)[nH]c3=O)[C@H](O)[C@@H]2O)O[C@H](CO)[C@H](O)[C@@H]1O.[Na]. The summed E-state index contributed by atoms with van der Waals surface area (Å²) < 4.78 is 49.3. The molecule has 43 heavy (non-hydrogen) atoms. The van der Waals surface area contributed by atoms with Crippen LogP contribution < -0.4 is 16.6 Å². The van der Waals surface area contributed by atoms with Gasteiger partial charge in [-0.2, -0.15) is 4.31 Å². The van der Waals surface area contributed by atoms with E-state index in [0.717, 1.165) is 12.3 Å². The number of aromatic nitrogens is 2. The van der Waals surface area contributed by atoms with E-state index in [0.29, 0.717) is 4.57 Å². The smallest absolute Gasteiger partial charge is 0.394 e. The molecular formula is C17H26N6NaO17P2. The molecule has 0 aromatic carbocycles. The first-order valence-electron chi connectivity index (χ1n) is 11.5. The van der Waals surface area contributed by atoms with Gasteiger partial charge >= 0.3 is 21.3 Å². The van der Waals surface area contributed by atoms with Crippen LogP contribution in [0.2, 0.25) is 0 Å². The van der Waals surface area contributed by atoms with Crippen LogP contribution in [-0.2, 0) is 36.8 Å². The second-order valence-corrected chi connectivity index (χ2v) is 11.7. The van der Waals surface area contributed by atoms with Crippen molar-refractivity contribution in [1.82, 2.24) is 14.9 Å². The molecule has 3 rings (SSSR count). The van der Waals surface area contributed by atoms with Crippen LogP contribution in [0.1, 0.15) is 6.23 Å². The molecule has 2 aliphatic heterocycles. The number of ether oxygens (including phenoxy) is 2. The summed E-state index contributed by atoms with van der Waals surface area (Å²) in [7, 11) is -11.3. The maximum atomic E-state index is 12.5. The zero-order valence-corrected chi connectivity index (χ0v) is 25.7. The molecule has 9 N–H and O–H groups in total. The van der Waals surface area contributed by atoms with Crippen molar-refractivity contribution in [2.45, 2.75) is 55.2 Å². The average Bonchev–Trinajstić information content (AvgIpc) is 3.18. The molecular weight excluding hydrogens is 645 g/mol. The number of H-pyrrole nitrogens is 1. The Bertz CT molecular complexity index is 1390. The Morgan fingerprint density at radius 1 is 1.09 bits per heavy atom. The number of carbonyl (C=O) groups is 1. The molecule has 237 valence electrons. The molecule has 1 aromatic heterocycles. The van der Waals surface area contributed by atoms with Gasteiger partial charge in [-0.3, -0.25) is 28.2 Å². The predicted molar refractivity (Wildman–Crippen MR) is 134 cm³/mol. The summed E-state index contributed by atoms with van der Waals surface area (Å²) in [6.45, 7) is -2.85. The number of hydrogen-bond donors (Lipinski definition) is 9. The van der Waals surface area contributed by atoms with Crippen molar-refractivity contribution in [1.29, 1.82) is 0 Å². The van der Waals surface area contributed by atoms with Crippen LogP contribution in [0, 0.1) is 0 Å². The zero-order chi connectivity index (χ0) is 31.4. The molecule has 0 saturated carbocycles. The first-order valence-corrected chi connectivity index (χ1v) is 14.5. The van der Waals surface area contributed by atoms with Crippen molar-refractivity contribution < 1.29 is 72.1 Å². The zero-order valence-electron chi connectivity index (χ0n) is 21.9. The van der Waals surface area contributed by atoms with E-state index in [9.17, 15) is 58.8 Å². The van der Waals surface area contributed by atoms with Crippen LogP contribution >= 0.6 is 15.6 Å². The number of phosphoric ester groups is 2. The fourth-order valence-electron chi connectivity index (χ4n) is 3.85. The van der Waals surface area contributed by atoms with Crippen LogP contribution in [0.15, 0.2) is 27.0 Å². The number of aliphatic hydroxyl groups excluding tert-OH is 5. The predicted octanol–water partition coefficient (Wildman–Crippen LogP) is -4.74. The molecule has 1 aromatic rings. The third-order valence-electron chi connectivity index (χ3n) is 5.79. The second kappa shape index (κ2) is 15.6. The summed E-state index contributed by atoms with van der Waals surface area (Å²) in [5.41, 5.74) is 6.54. The molecule has 2 aliphatic rings. The number of aliphatic hydroxyl groups is 5. The molecule has 1 amide bonds. The Hall–Kier alpha value is -1.56. The van der Waals surface area contributed by atoms with E-state index < -0.39 is 108 Å². The van der Waals surface area contributed by atoms with E-state index in [1.165, 1.54) is 0 Å². The summed E-state index contributed by atoms with van der Waals surface area (Å²) in [6.07, 6.45) is -13.6. The minimum absolute atomic E-state index is 0. The Morgan fingerprint density at radius 2 is 1.74 bits per heavy atom. The number of nitrogens with one attached hydrogen (secondary N) is 2. The minimum Gasteiger partial charge on any atom is -0.394 e. The van der Waals surface area contributed by atoms with Gasteiger partial charge in [0.05, 0.1) is 13.2 Å². The second-order valence-electron chi connectivity index (χ2n) is 8.67. The first-order chi connectivity index (χ1) is 19.6. The quantitative estimate of drug-likeness (QED) is 0.0331. The Morgan fingerprint density at radius 3 is 2.35 bits per heavy atom. The van der Waals surface area contributed by atoms with Crippen LogP contribution in [0.25, 0.3) is 10.4 Å². The van der Waals surface area contributed by atoms with Crippen molar-refractivity contribution >= 4 is 51.1 Å². The normalized spacial score (nSPS) is 33.3. The molecule has 23 nitrogen and oxygen atoms in total. The molecule has 0 spiro atoms. The molecule has 2 unspecified atom stereocenters. The number of nitrogens with zero attached hydrogens (tertiary/aromatic N) is 4. The minimum atomic E-state index is -5.73. The fraction of sp³-hybridized carbons (Fsp3) is 0.706. The van der Waals surface area contributed by atoms with E-state index >= 15 is 0 Å². The van der Waals surface area contributed by atoms with Crippen LogP contribution in [0.5, 0.6) is 0 Å². The van der Waals surface area contributed by atoms with Crippen LogP contribution in [0.4, 0.5) is 0 Å². The molecule has 11 atom stereocenters. The van der Waals surface area contributed by atoms with Crippen LogP contribution in [0.3, 0.4) is 0 Å². The van der Waals surface area contributed by atoms with Gasteiger partial charge in [-0.05, 0) is 5.53 Å². The number of azide groups is 1. The molecule has 1 radical (unpaired) electrons. The third-order valence-corrected chi connectivity index (χ3v) is 8.39. The first kappa shape index (κ1) is 37.6. The van der Waals surface area contributed by atoms with Crippen LogP contribution in [-0.4, -0.2) is 149 Å². The molecule has 26 heteroatoms. The maximum Gasteiger partial charge on any atom is 0.483 e. The average molecular weight is 671 g/mol. The summed E-state index contributed by atoms with van der Waals surface area (Å²) in [5, 5.41) is 55.1. The van der Waals surface area contributed by atoms with Crippen molar-refractivity contribution in [3.8, 4) is 0 Å². The van der Waals surface area contributed by atoms with Gasteiger partial charge in [0.2, 0.25) is 5.91 Å². The molecule has 2 fully saturated rings. The molecule has 0 bridgehead atoms. The number of hydrogen-bond acceptors (Lipinski definition) is 16. The van der Waals surface area contributed by atoms with Gasteiger partial charge in [-0.1, -0.05) is 5.11 Å². The number of aromatic amines is 1. The molecule has 3 heterocycles. The fourth-order valence-corrected chi connectivity index (χ4v) is 6.01. The summed E-state index contributed by atoms with van der Waals surface area (Å²) in [4.78, 5) is 59.4. The van der Waals surface area contributed by atoms with E-state index in [1.54, 1.807) is 0 Å². The van der Waals surface area contributed by atoms with E-state index in [4.69, 9.17) is 15.0 Å². The monoisotopic (exact) mass is 671 g/mol. The van der Waals surface area contributed by atoms with Gasteiger partial charge in [0.25, 0.3) is 5.56 Å². The van der Waals surface area contributed by atoms with Gasteiger partial charge < -0.3 is 50.1 Å². The van der Waals surface area contributed by atoms with Gasteiger partial charge in [0, 0.05) is 46.7 Å². The Balaban J connectivity index is 0.00000645. The summed E-state index contributed by atoms with van der Waals surface area (Å²) in [5.74, 6) is -1.08. The number of rotatable bonds is 12. The van der Waals surface area contributed by atoms with Crippen molar-refractivity contribution in [3.63, 3.8) is 0 Å². The van der Waals surface area contributed by atoms with Crippen molar-refractivity contribution in [3.05, 3.63) is 43.5 Å². The van der Waals surface area contributed by atoms with E-state index in [2.05, 4.69) is 23.4 Å². The summed E-state index contributed by atoms with van der Waals surface area (Å²) in [6, 6.07) is -0.958.